The molecule has 5 nitrogen and oxygen atoms in total. The lowest BCUT2D eigenvalue weighted by atomic mass is 9.89. The average molecular weight is 263 g/mol. The second-order valence-corrected chi connectivity index (χ2v) is 6.54. The second kappa shape index (κ2) is 4.78. The largest absolute Gasteiger partial charge is 0.335 e. The summed E-state index contributed by atoms with van der Waals surface area (Å²) in [6.07, 6.45) is 3.66. The first kappa shape index (κ1) is 12.9. The number of nitrogens with zero attached hydrogens (tertiary/aromatic N) is 3. The van der Waals surface area contributed by atoms with E-state index in [1.807, 2.05) is 0 Å². The molecule has 2 aliphatic heterocycles. The maximum Gasteiger partial charge on any atom is 0.245 e. The molecule has 0 aliphatic carbocycles. The van der Waals surface area contributed by atoms with Crippen molar-refractivity contribution in [1.82, 2.24) is 20.5 Å². The Bertz CT molecular complexity index is 439. The van der Waals surface area contributed by atoms with Crippen molar-refractivity contribution in [2.75, 3.05) is 24.5 Å². The first-order valence-corrected chi connectivity index (χ1v) is 7.52. The Morgan fingerprint density at radius 2 is 2.21 bits per heavy atom. The zero-order chi connectivity index (χ0) is 13.5. The van der Waals surface area contributed by atoms with Gasteiger partial charge in [0.05, 0.1) is 0 Å². The molecule has 2 saturated heterocycles. The number of nitrogens with one attached hydrogen (secondary N) is 2. The van der Waals surface area contributed by atoms with Gasteiger partial charge in [0.25, 0.3) is 0 Å². The predicted octanol–water partition coefficient (Wildman–Crippen LogP) is 1.68. The molecule has 1 aromatic rings. The van der Waals surface area contributed by atoms with Gasteiger partial charge in [-0.05, 0) is 25.2 Å². The molecule has 0 bridgehead atoms. The van der Waals surface area contributed by atoms with Crippen LogP contribution in [0, 0.1) is 5.92 Å². The summed E-state index contributed by atoms with van der Waals surface area (Å²) in [5, 5.41) is 11.1. The maximum atomic E-state index is 4.77. The Hall–Kier alpha value is -1.10. The van der Waals surface area contributed by atoms with Gasteiger partial charge in [-0.2, -0.15) is 4.98 Å². The zero-order valence-electron chi connectivity index (χ0n) is 12.2. The molecule has 19 heavy (non-hydrogen) atoms. The highest BCUT2D eigenvalue weighted by Gasteiger charge is 2.37. The van der Waals surface area contributed by atoms with Gasteiger partial charge in [-0.25, -0.2) is 0 Å². The summed E-state index contributed by atoms with van der Waals surface area (Å²) < 4.78 is 0. The van der Waals surface area contributed by atoms with Crippen LogP contribution in [0.25, 0.3) is 0 Å². The van der Waals surface area contributed by atoms with E-state index < -0.39 is 0 Å². The van der Waals surface area contributed by atoms with E-state index in [2.05, 4.69) is 41.2 Å². The highest BCUT2D eigenvalue weighted by atomic mass is 15.4. The van der Waals surface area contributed by atoms with Crippen LogP contribution in [0.3, 0.4) is 0 Å². The van der Waals surface area contributed by atoms with Crippen LogP contribution in [0.4, 0.5) is 5.95 Å². The molecule has 2 unspecified atom stereocenters. The molecule has 2 atom stereocenters. The van der Waals surface area contributed by atoms with Crippen LogP contribution >= 0.6 is 0 Å². The van der Waals surface area contributed by atoms with Gasteiger partial charge in [0.2, 0.25) is 5.95 Å². The monoisotopic (exact) mass is 263 g/mol. The summed E-state index contributed by atoms with van der Waals surface area (Å²) in [6.45, 7) is 9.94. The Balaban J connectivity index is 1.82. The normalized spacial score (nSPS) is 27.6. The van der Waals surface area contributed by atoms with Gasteiger partial charge < -0.3 is 10.2 Å². The molecule has 0 aromatic carbocycles. The number of piperidine rings is 1. The number of hydrogen-bond donors (Lipinski definition) is 2. The van der Waals surface area contributed by atoms with Crippen molar-refractivity contribution in [2.24, 2.45) is 5.92 Å². The minimum absolute atomic E-state index is 0.0777. The van der Waals surface area contributed by atoms with Crippen LogP contribution in [0.1, 0.15) is 45.9 Å². The van der Waals surface area contributed by atoms with E-state index in [0.717, 1.165) is 43.7 Å². The molecule has 2 aliphatic rings. The number of hydrogen-bond acceptors (Lipinski definition) is 4. The lowest BCUT2D eigenvalue weighted by molar-refractivity contribution is 0.381. The number of aromatic amines is 1. The Kier molecular flexibility index (Phi) is 3.25. The molecule has 0 radical (unpaired) electrons. The molecule has 5 heteroatoms. The lowest BCUT2D eigenvalue weighted by Gasteiger charge is -2.36. The van der Waals surface area contributed by atoms with Gasteiger partial charge in [-0.15, -0.1) is 5.10 Å². The van der Waals surface area contributed by atoms with Gasteiger partial charge in [0.15, 0.2) is 0 Å². The number of rotatable bonds is 3. The molecule has 0 amide bonds. The van der Waals surface area contributed by atoms with Crippen molar-refractivity contribution in [1.29, 1.82) is 0 Å². The highest BCUT2D eigenvalue weighted by Crippen LogP contribution is 2.30. The molecule has 106 valence electrons. The Morgan fingerprint density at radius 1 is 1.37 bits per heavy atom. The van der Waals surface area contributed by atoms with E-state index in [4.69, 9.17) is 4.98 Å². The molecule has 3 heterocycles. The SMILES string of the molecule is CCC(C)(C)c1nc(N2CCCC3CNCC32)n[nH]1. The van der Waals surface area contributed by atoms with E-state index in [1.54, 1.807) is 0 Å². The van der Waals surface area contributed by atoms with Gasteiger partial charge in [0, 0.05) is 31.1 Å². The molecule has 0 spiro atoms. The molecule has 2 fully saturated rings. The number of H-pyrrole nitrogens is 1. The van der Waals surface area contributed by atoms with Crippen molar-refractivity contribution >= 4 is 5.95 Å². The number of fused-ring (bicyclic) bond motifs is 1. The summed E-state index contributed by atoms with van der Waals surface area (Å²) in [5.74, 6) is 2.68. The van der Waals surface area contributed by atoms with Crippen LogP contribution in [0.2, 0.25) is 0 Å². The summed E-state index contributed by atoms with van der Waals surface area (Å²) in [7, 11) is 0. The minimum atomic E-state index is 0.0777. The van der Waals surface area contributed by atoms with Crippen LogP contribution in [0.15, 0.2) is 0 Å². The smallest absolute Gasteiger partial charge is 0.245 e. The van der Waals surface area contributed by atoms with E-state index >= 15 is 0 Å². The van der Waals surface area contributed by atoms with Crippen molar-refractivity contribution in [3.63, 3.8) is 0 Å². The topological polar surface area (TPSA) is 56.8 Å². The van der Waals surface area contributed by atoms with Crippen LogP contribution in [0.5, 0.6) is 0 Å². The quantitative estimate of drug-likeness (QED) is 0.871. The van der Waals surface area contributed by atoms with Crippen molar-refractivity contribution in [3.05, 3.63) is 5.82 Å². The third-order valence-electron chi connectivity index (χ3n) is 4.93. The van der Waals surface area contributed by atoms with E-state index in [9.17, 15) is 0 Å². The fourth-order valence-electron chi connectivity index (χ4n) is 3.17. The Morgan fingerprint density at radius 3 is 3.00 bits per heavy atom. The summed E-state index contributed by atoms with van der Waals surface area (Å²) >= 11 is 0. The second-order valence-electron chi connectivity index (χ2n) is 6.54. The molecular weight excluding hydrogens is 238 g/mol. The molecule has 3 rings (SSSR count). The van der Waals surface area contributed by atoms with Crippen molar-refractivity contribution < 1.29 is 0 Å². The maximum absolute atomic E-state index is 4.77. The highest BCUT2D eigenvalue weighted by molar-refractivity contribution is 5.34. The molecular formula is C14H25N5. The summed E-state index contributed by atoms with van der Waals surface area (Å²) in [4.78, 5) is 7.17. The summed E-state index contributed by atoms with van der Waals surface area (Å²) in [6, 6.07) is 0.585. The third-order valence-corrected chi connectivity index (χ3v) is 4.93. The third kappa shape index (κ3) is 2.24. The molecule has 2 N–H and O–H groups in total. The van der Waals surface area contributed by atoms with Crippen molar-refractivity contribution in [3.8, 4) is 0 Å². The van der Waals surface area contributed by atoms with Gasteiger partial charge in [0.1, 0.15) is 5.82 Å². The minimum Gasteiger partial charge on any atom is -0.335 e. The van der Waals surface area contributed by atoms with Gasteiger partial charge in [-0.3, -0.25) is 5.10 Å². The van der Waals surface area contributed by atoms with Crippen LogP contribution in [-0.4, -0.2) is 40.9 Å². The number of anilines is 1. The molecule has 0 saturated carbocycles. The van der Waals surface area contributed by atoms with E-state index in [1.165, 1.54) is 12.8 Å². The fraction of sp³-hybridized carbons (Fsp3) is 0.857. The van der Waals surface area contributed by atoms with Crippen LogP contribution in [-0.2, 0) is 5.41 Å². The Labute approximate surface area is 115 Å². The van der Waals surface area contributed by atoms with Gasteiger partial charge >= 0.3 is 0 Å². The lowest BCUT2D eigenvalue weighted by Crippen LogP contribution is -2.45. The zero-order valence-corrected chi connectivity index (χ0v) is 12.2. The van der Waals surface area contributed by atoms with E-state index in [0.29, 0.717) is 6.04 Å². The summed E-state index contributed by atoms with van der Waals surface area (Å²) in [5.41, 5.74) is 0.0777. The average Bonchev–Trinajstić information content (AvgIpc) is 3.07. The van der Waals surface area contributed by atoms with E-state index in [-0.39, 0.29) is 5.41 Å². The standard InChI is InChI=1S/C14H25N5/c1-4-14(2,3)12-16-13(18-17-12)19-7-5-6-10-8-15-9-11(10)19/h10-11,15H,4-9H2,1-3H3,(H,16,17,18). The number of aromatic nitrogens is 3. The molecule has 1 aromatic heterocycles. The van der Waals surface area contributed by atoms with Gasteiger partial charge in [-0.1, -0.05) is 20.8 Å². The first-order chi connectivity index (χ1) is 9.12. The fourth-order valence-corrected chi connectivity index (χ4v) is 3.17. The first-order valence-electron chi connectivity index (χ1n) is 7.52. The predicted molar refractivity (Wildman–Crippen MR) is 76.4 cm³/mol. The van der Waals surface area contributed by atoms with Crippen LogP contribution < -0.4 is 10.2 Å². The van der Waals surface area contributed by atoms with Crippen molar-refractivity contribution in [2.45, 2.75) is 51.5 Å².